The van der Waals surface area contributed by atoms with E-state index < -0.39 is 17.7 Å². The Morgan fingerprint density at radius 1 is 1.40 bits per heavy atom. The Balaban J connectivity index is 2.02. The molecule has 142 valence electrons. The van der Waals surface area contributed by atoms with Crippen molar-refractivity contribution in [2.24, 2.45) is 5.92 Å². The average molecular weight is 355 g/mol. The van der Waals surface area contributed by atoms with Crippen LogP contribution in [0, 0.1) is 5.92 Å². The van der Waals surface area contributed by atoms with Gasteiger partial charge in [0.15, 0.2) is 5.60 Å². The van der Waals surface area contributed by atoms with Gasteiger partial charge in [0.1, 0.15) is 12.7 Å². The summed E-state index contributed by atoms with van der Waals surface area (Å²) in [5, 5.41) is 10.8. The minimum Gasteiger partial charge on any atom is -0.460 e. The Morgan fingerprint density at radius 2 is 2.08 bits per heavy atom. The van der Waals surface area contributed by atoms with Crippen LogP contribution >= 0.6 is 0 Å². The molecule has 0 aromatic heterocycles. The van der Waals surface area contributed by atoms with Crippen LogP contribution in [0.15, 0.2) is 11.6 Å². The van der Waals surface area contributed by atoms with Gasteiger partial charge in [0, 0.05) is 27.1 Å². The Kier molecular flexibility index (Phi) is 6.24. The molecule has 0 saturated carbocycles. The molecule has 0 radical (unpaired) electrons. The zero-order chi connectivity index (χ0) is 18.8. The molecule has 1 fully saturated rings. The number of esters is 2. The van der Waals surface area contributed by atoms with Crippen LogP contribution in [0.3, 0.4) is 0 Å². The number of methoxy groups -OCH3 is 1. The maximum absolute atomic E-state index is 12.5. The van der Waals surface area contributed by atoms with E-state index in [1.54, 1.807) is 20.8 Å². The van der Waals surface area contributed by atoms with Gasteiger partial charge in [-0.25, -0.2) is 4.79 Å². The fraction of sp³-hybridized carbons (Fsp3) is 0.778. The number of carbonyl (C=O) groups excluding carboxylic acids is 2. The van der Waals surface area contributed by atoms with Crippen LogP contribution < -0.4 is 0 Å². The van der Waals surface area contributed by atoms with E-state index in [9.17, 15) is 14.7 Å². The number of carbonyl (C=O) groups is 2. The van der Waals surface area contributed by atoms with Crippen molar-refractivity contribution in [3.05, 3.63) is 11.6 Å². The first-order valence-electron chi connectivity index (χ1n) is 8.74. The largest absolute Gasteiger partial charge is 0.460 e. The van der Waals surface area contributed by atoms with E-state index in [0.717, 1.165) is 25.1 Å². The lowest BCUT2D eigenvalue weighted by Gasteiger charge is -2.34. The molecule has 0 aromatic carbocycles. The van der Waals surface area contributed by atoms with Crippen molar-refractivity contribution in [3.63, 3.8) is 0 Å². The lowest BCUT2D eigenvalue weighted by atomic mass is 9.85. The topological polar surface area (TPSA) is 85.3 Å². The van der Waals surface area contributed by atoms with Gasteiger partial charge in [-0.1, -0.05) is 19.9 Å². The summed E-state index contributed by atoms with van der Waals surface area (Å²) in [6.07, 6.45) is 1.87. The summed E-state index contributed by atoms with van der Waals surface area (Å²) >= 11 is 0. The van der Waals surface area contributed by atoms with Crippen LogP contribution in [0.5, 0.6) is 0 Å². The minimum atomic E-state index is -1.71. The highest BCUT2D eigenvalue weighted by atomic mass is 16.6. The number of hydrogen-bond donors (Lipinski definition) is 1. The molecule has 2 rings (SSSR count). The molecule has 1 saturated heterocycles. The Hall–Kier alpha value is -1.44. The van der Waals surface area contributed by atoms with Crippen LogP contribution in [-0.4, -0.2) is 72.6 Å². The van der Waals surface area contributed by atoms with E-state index >= 15 is 0 Å². The zero-order valence-electron chi connectivity index (χ0n) is 15.7. The van der Waals surface area contributed by atoms with Gasteiger partial charge >= 0.3 is 11.9 Å². The van der Waals surface area contributed by atoms with Gasteiger partial charge in [0.05, 0.1) is 12.1 Å². The second kappa shape index (κ2) is 7.85. The highest BCUT2D eigenvalue weighted by Crippen LogP contribution is 2.32. The normalized spacial score (nSPS) is 26.8. The Bertz CT molecular complexity index is 546. The van der Waals surface area contributed by atoms with E-state index in [2.05, 4.69) is 4.90 Å². The van der Waals surface area contributed by atoms with Gasteiger partial charge in [0.25, 0.3) is 0 Å². The molecule has 0 aromatic rings. The molecule has 2 aliphatic heterocycles. The molecule has 4 atom stereocenters. The molecule has 3 unspecified atom stereocenters. The first kappa shape index (κ1) is 19.9. The van der Waals surface area contributed by atoms with E-state index in [1.165, 1.54) is 14.0 Å². The van der Waals surface area contributed by atoms with Gasteiger partial charge in [-0.05, 0) is 24.8 Å². The second-order valence-electron chi connectivity index (χ2n) is 7.09. The highest BCUT2D eigenvalue weighted by molar-refractivity contribution is 5.80. The van der Waals surface area contributed by atoms with E-state index in [-0.39, 0.29) is 30.6 Å². The van der Waals surface area contributed by atoms with E-state index in [1.807, 2.05) is 6.08 Å². The summed E-state index contributed by atoms with van der Waals surface area (Å²) in [5.41, 5.74) is -0.799. The smallest absolute Gasteiger partial charge is 0.341 e. The summed E-state index contributed by atoms with van der Waals surface area (Å²) in [5.74, 6) is -1.36. The first-order valence-corrected chi connectivity index (χ1v) is 8.74. The van der Waals surface area contributed by atoms with Crippen LogP contribution in [0.2, 0.25) is 0 Å². The Labute approximate surface area is 148 Å². The zero-order valence-corrected chi connectivity index (χ0v) is 15.7. The van der Waals surface area contributed by atoms with Crippen LogP contribution in [0.1, 0.15) is 34.1 Å². The monoisotopic (exact) mass is 355 g/mol. The molecule has 0 spiro atoms. The van der Waals surface area contributed by atoms with Gasteiger partial charge in [-0.3, -0.25) is 9.69 Å². The van der Waals surface area contributed by atoms with Gasteiger partial charge in [-0.2, -0.15) is 0 Å². The fourth-order valence-corrected chi connectivity index (χ4v) is 3.65. The molecule has 0 aliphatic carbocycles. The molecule has 25 heavy (non-hydrogen) atoms. The molecule has 7 heteroatoms. The lowest BCUT2D eigenvalue weighted by molar-refractivity contribution is -0.186. The van der Waals surface area contributed by atoms with Crippen LogP contribution in [-0.2, 0) is 23.8 Å². The third kappa shape index (κ3) is 3.88. The molecule has 7 nitrogen and oxygen atoms in total. The number of ether oxygens (including phenoxy) is 3. The van der Waals surface area contributed by atoms with Crippen molar-refractivity contribution in [2.45, 2.75) is 58.0 Å². The first-order chi connectivity index (χ1) is 11.7. The average Bonchev–Trinajstić information content (AvgIpc) is 3.13. The summed E-state index contributed by atoms with van der Waals surface area (Å²) in [6.45, 7) is 8.21. The summed E-state index contributed by atoms with van der Waals surface area (Å²) in [4.78, 5) is 26.0. The van der Waals surface area contributed by atoms with E-state index in [0.29, 0.717) is 0 Å². The number of rotatable bonds is 7. The van der Waals surface area contributed by atoms with Gasteiger partial charge in [-0.15, -0.1) is 0 Å². The molecule has 1 N–H and O–H groups in total. The molecule has 2 heterocycles. The van der Waals surface area contributed by atoms with Crippen LogP contribution in [0.25, 0.3) is 0 Å². The SMILES string of the molecule is COC(C)C(O)(C(=O)OCC1=CCN2CC[C@H](OC(C)=O)C12)C(C)C. The number of aliphatic hydroxyl groups is 1. The molecular formula is C18H29NO6. The van der Waals surface area contributed by atoms with Crippen molar-refractivity contribution in [3.8, 4) is 0 Å². The third-order valence-electron chi connectivity index (χ3n) is 5.28. The van der Waals surface area contributed by atoms with Crippen molar-refractivity contribution >= 4 is 11.9 Å². The molecule has 0 amide bonds. The quantitative estimate of drug-likeness (QED) is 0.536. The highest BCUT2D eigenvalue weighted by Gasteiger charge is 2.47. The number of nitrogens with zero attached hydrogens (tertiary/aromatic N) is 1. The standard InChI is InChI=1S/C18H29NO6/c1-11(2)18(22,12(3)23-5)17(21)24-10-14-6-8-19-9-7-15(16(14)19)25-13(4)20/h6,11-12,15-16,22H,7-10H2,1-5H3/t12?,15-,16?,18?/m0/s1. The lowest BCUT2D eigenvalue weighted by Crippen LogP contribution is -2.54. The van der Waals surface area contributed by atoms with Crippen molar-refractivity contribution in [2.75, 3.05) is 26.8 Å². The van der Waals surface area contributed by atoms with Gasteiger partial charge < -0.3 is 19.3 Å². The van der Waals surface area contributed by atoms with Crippen molar-refractivity contribution in [1.82, 2.24) is 4.90 Å². The molecular weight excluding hydrogens is 326 g/mol. The van der Waals surface area contributed by atoms with Crippen molar-refractivity contribution in [1.29, 1.82) is 0 Å². The maximum atomic E-state index is 12.5. The summed E-state index contributed by atoms with van der Waals surface area (Å²) in [7, 11) is 1.45. The third-order valence-corrected chi connectivity index (χ3v) is 5.28. The predicted octanol–water partition coefficient (Wildman–Crippen LogP) is 0.898. The number of hydrogen-bond acceptors (Lipinski definition) is 7. The molecule has 2 aliphatic rings. The van der Waals surface area contributed by atoms with E-state index in [4.69, 9.17) is 14.2 Å². The fourth-order valence-electron chi connectivity index (χ4n) is 3.65. The predicted molar refractivity (Wildman–Crippen MR) is 90.8 cm³/mol. The van der Waals surface area contributed by atoms with Crippen molar-refractivity contribution < 1.29 is 28.9 Å². The summed E-state index contributed by atoms with van der Waals surface area (Å²) < 4.78 is 16.0. The van der Waals surface area contributed by atoms with Crippen LogP contribution in [0.4, 0.5) is 0 Å². The minimum absolute atomic E-state index is 0.0521. The maximum Gasteiger partial charge on any atom is 0.341 e. The molecule has 0 bridgehead atoms. The van der Waals surface area contributed by atoms with Gasteiger partial charge in [0.2, 0.25) is 0 Å². The second-order valence-corrected chi connectivity index (χ2v) is 7.09. The Morgan fingerprint density at radius 3 is 2.64 bits per heavy atom. The number of fused-ring (bicyclic) bond motifs is 1. The summed E-state index contributed by atoms with van der Waals surface area (Å²) in [6, 6.07) is -0.0521.